The Balaban J connectivity index is 2.85. The Hall–Kier alpha value is -1.42. The summed E-state index contributed by atoms with van der Waals surface area (Å²) in [6, 6.07) is 1.79. The molecule has 0 aliphatic carbocycles. The molecule has 0 aromatic carbocycles. The first-order chi connectivity index (χ1) is 6.59. The lowest BCUT2D eigenvalue weighted by Gasteiger charge is -2.10. The van der Waals surface area contributed by atoms with Crippen LogP contribution in [0.2, 0.25) is 0 Å². The molecular weight excluding hydrogens is 180 g/mol. The van der Waals surface area contributed by atoms with Gasteiger partial charge in [-0.1, -0.05) is 0 Å². The van der Waals surface area contributed by atoms with Gasteiger partial charge in [0, 0.05) is 19.5 Å². The van der Waals surface area contributed by atoms with Crippen LogP contribution in [0.25, 0.3) is 0 Å². The van der Waals surface area contributed by atoms with Crippen LogP contribution in [0.15, 0.2) is 18.5 Å². The van der Waals surface area contributed by atoms with Crippen LogP contribution < -0.4 is 5.32 Å². The number of carbonyl (C=O) groups excluding carboxylic acids is 1. The molecule has 1 unspecified atom stereocenters. The lowest BCUT2D eigenvalue weighted by atomic mass is 10.1. The van der Waals surface area contributed by atoms with Gasteiger partial charge in [0.25, 0.3) is 0 Å². The van der Waals surface area contributed by atoms with E-state index in [0.717, 1.165) is 5.56 Å². The summed E-state index contributed by atoms with van der Waals surface area (Å²) in [5, 5.41) is 11.9. The van der Waals surface area contributed by atoms with Crippen molar-refractivity contribution in [3.8, 4) is 0 Å². The van der Waals surface area contributed by atoms with E-state index in [1.807, 2.05) is 0 Å². The van der Waals surface area contributed by atoms with Crippen LogP contribution in [0.1, 0.15) is 19.4 Å². The number of aromatic nitrogens is 1. The van der Waals surface area contributed by atoms with Crippen molar-refractivity contribution < 1.29 is 9.90 Å². The summed E-state index contributed by atoms with van der Waals surface area (Å²) in [6.45, 7) is 3.15. The number of aliphatic hydroxyl groups is 1. The van der Waals surface area contributed by atoms with Gasteiger partial charge < -0.3 is 10.4 Å². The van der Waals surface area contributed by atoms with E-state index in [4.69, 9.17) is 0 Å². The molecule has 1 amide bonds. The lowest BCUT2D eigenvalue weighted by Crippen LogP contribution is -2.11. The molecule has 0 saturated heterocycles. The molecule has 1 aromatic heterocycles. The Morgan fingerprint density at radius 1 is 1.71 bits per heavy atom. The summed E-state index contributed by atoms with van der Waals surface area (Å²) >= 11 is 0. The fourth-order valence-corrected chi connectivity index (χ4v) is 1.22. The Morgan fingerprint density at radius 2 is 2.43 bits per heavy atom. The number of nitrogens with zero attached hydrogens (tertiary/aromatic N) is 1. The van der Waals surface area contributed by atoms with Crippen molar-refractivity contribution in [2.75, 3.05) is 5.32 Å². The Bertz CT molecular complexity index is 324. The number of aliphatic hydroxyl groups excluding tert-OH is 1. The zero-order valence-electron chi connectivity index (χ0n) is 8.32. The standard InChI is InChI=1S/C10H14N2O2/c1-7(13)5-9-3-4-11-6-10(9)12-8(2)14/h3-4,6-7,13H,5H2,1-2H3,(H,12,14). The van der Waals surface area contributed by atoms with E-state index >= 15 is 0 Å². The first-order valence-corrected chi connectivity index (χ1v) is 4.48. The molecule has 0 spiro atoms. The lowest BCUT2D eigenvalue weighted by molar-refractivity contribution is -0.114. The van der Waals surface area contributed by atoms with E-state index in [0.29, 0.717) is 12.1 Å². The van der Waals surface area contributed by atoms with Gasteiger partial charge in [0.1, 0.15) is 0 Å². The molecule has 0 fully saturated rings. The summed E-state index contributed by atoms with van der Waals surface area (Å²) in [5.41, 5.74) is 1.56. The van der Waals surface area contributed by atoms with E-state index in [1.165, 1.54) is 6.92 Å². The molecule has 0 bridgehead atoms. The number of carbonyl (C=O) groups is 1. The average Bonchev–Trinajstić information content (AvgIpc) is 2.06. The molecule has 1 atom stereocenters. The molecule has 4 heteroatoms. The van der Waals surface area contributed by atoms with Gasteiger partial charge in [-0.15, -0.1) is 0 Å². The van der Waals surface area contributed by atoms with Crippen LogP contribution in [0.4, 0.5) is 5.69 Å². The first-order valence-electron chi connectivity index (χ1n) is 4.48. The third-order valence-corrected chi connectivity index (χ3v) is 1.74. The summed E-state index contributed by atoms with van der Waals surface area (Å²) < 4.78 is 0. The largest absolute Gasteiger partial charge is 0.393 e. The summed E-state index contributed by atoms with van der Waals surface area (Å²) in [5.74, 6) is -0.134. The van der Waals surface area contributed by atoms with Crippen molar-refractivity contribution in [1.82, 2.24) is 4.98 Å². The number of hydrogen-bond donors (Lipinski definition) is 2. The quantitative estimate of drug-likeness (QED) is 0.753. The van der Waals surface area contributed by atoms with Gasteiger partial charge in [0.05, 0.1) is 18.0 Å². The second kappa shape index (κ2) is 4.72. The second-order valence-corrected chi connectivity index (χ2v) is 3.27. The van der Waals surface area contributed by atoms with Crippen molar-refractivity contribution in [2.24, 2.45) is 0 Å². The van der Waals surface area contributed by atoms with Gasteiger partial charge in [0.15, 0.2) is 0 Å². The monoisotopic (exact) mass is 194 g/mol. The van der Waals surface area contributed by atoms with Gasteiger partial charge in [-0.3, -0.25) is 9.78 Å². The maximum absolute atomic E-state index is 10.8. The molecule has 0 aliphatic heterocycles. The fourth-order valence-electron chi connectivity index (χ4n) is 1.22. The summed E-state index contributed by atoms with van der Waals surface area (Å²) in [6.07, 6.45) is 3.31. The van der Waals surface area contributed by atoms with Crippen LogP contribution in [0.5, 0.6) is 0 Å². The van der Waals surface area contributed by atoms with Crippen molar-refractivity contribution in [1.29, 1.82) is 0 Å². The van der Waals surface area contributed by atoms with Crippen molar-refractivity contribution in [2.45, 2.75) is 26.4 Å². The minimum Gasteiger partial charge on any atom is -0.393 e. The highest BCUT2D eigenvalue weighted by Gasteiger charge is 2.06. The Kier molecular flexibility index (Phi) is 3.59. The van der Waals surface area contributed by atoms with Crippen LogP contribution in [0.3, 0.4) is 0 Å². The second-order valence-electron chi connectivity index (χ2n) is 3.27. The van der Waals surface area contributed by atoms with E-state index in [-0.39, 0.29) is 5.91 Å². The van der Waals surface area contributed by atoms with Crippen LogP contribution in [0, 0.1) is 0 Å². The number of anilines is 1. The zero-order chi connectivity index (χ0) is 10.6. The van der Waals surface area contributed by atoms with Gasteiger partial charge >= 0.3 is 0 Å². The number of hydrogen-bond acceptors (Lipinski definition) is 3. The van der Waals surface area contributed by atoms with Crippen molar-refractivity contribution >= 4 is 11.6 Å². The molecule has 14 heavy (non-hydrogen) atoms. The maximum atomic E-state index is 10.8. The van der Waals surface area contributed by atoms with Gasteiger partial charge in [-0.2, -0.15) is 0 Å². The molecule has 1 heterocycles. The molecule has 0 saturated carbocycles. The third kappa shape index (κ3) is 3.14. The minimum absolute atomic E-state index is 0.134. The number of amides is 1. The fraction of sp³-hybridized carbons (Fsp3) is 0.400. The Labute approximate surface area is 83.0 Å². The van der Waals surface area contributed by atoms with Gasteiger partial charge in [-0.05, 0) is 18.6 Å². The number of pyridine rings is 1. The molecule has 2 N–H and O–H groups in total. The number of nitrogens with one attached hydrogen (secondary N) is 1. The molecule has 4 nitrogen and oxygen atoms in total. The minimum atomic E-state index is -0.426. The van der Waals surface area contributed by atoms with Gasteiger partial charge in [-0.25, -0.2) is 0 Å². The molecular formula is C10H14N2O2. The highest BCUT2D eigenvalue weighted by molar-refractivity contribution is 5.89. The first kappa shape index (κ1) is 10.7. The summed E-state index contributed by atoms with van der Waals surface area (Å²) in [4.78, 5) is 14.8. The maximum Gasteiger partial charge on any atom is 0.221 e. The van der Waals surface area contributed by atoms with E-state index in [9.17, 15) is 9.90 Å². The predicted octanol–water partition coefficient (Wildman–Crippen LogP) is 0.963. The topological polar surface area (TPSA) is 62.2 Å². The third-order valence-electron chi connectivity index (χ3n) is 1.74. The highest BCUT2D eigenvalue weighted by Crippen LogP contribution is 2.15. The molecule has 1 aromatic rings. The molecule has 0 radical (unpaired) electrons. The molecule has 1 rings (SSSR count). The van der Waals surface area contributed by atoms with E-state index in [1.54, 1.807) is 25.4 Å². The van der Waals surface area contributed by atoms with Crippen LogP contribution in [-0.2, 0) is 11.2 Å². The Morgan fingerprint density at radius 3 is 3.00 bits per heavy atom. The predicted molar refractivity (Wildman–Crippen MR) is 53.9 cm³/mol. The molecule has 76 valence electrons. The van der Waals surface area contributed by atoms with E-state index in [2.05, 4.69) is 10.3 Å². The molecule has 0 aliphatic rings. The van der Waals surface area contributed by atoms with Crippen LogP contribution >= 0.6 is 0 Å². The van der Waals surface area contributed by atoms with Crippen LogP contribution in [-0.4, -0.2) is 22.1 Å². The SMILES string of the molecule is CC(=O)Nc1cnccc1CC(C)O. The van der Waals surface area contributed by atoms with Crippen molar-refractivity contribution in [3.05, 3.63) is 24.0 Å². The van der Waals surface area contributed by atoms with E-state index < -0.39 is 6.10 Å². The normalized spacial score (nSPS) is 12.2. The number of rotatable bonds is 3. The average molecular weight is 194 g/mol. The summed E-state index contributed by atoms with van der Waals surface area (Å²) in [7, 11) is 0. The van der Waals surface area contributed by atoms with Crippen molar-refractivity contribution in [3.63, 3.8) is 0 Å². The smallest absolute Gasteiger partial charge is 0.221 e. The zero-order valence-corrected chi connectivity index (χ0v) is 8.32. The van der Waals surface area contributed by atoms with Gasteiger partial charge in [0.2, 0.25) is 5.91 Å². The highest BCUT2D eigenvalue weighted by atomic mass is 16.3.